The first-order valence-corrected chi connectivity index (χ1v) is 6.29. The van der Waals surface area contributed by atoms with Crippen molar-refractivity contribution in [3.05, 3.63) is 0 Å². The molecule has 1 radical (unpaired) electrons. The van der Waals surface area contributed by atoms with Gasteiger partial charge in [0.2, 0.25) is 0 Å². The van der Waals surface area contributed by atoms with Crippen LogP contribution < -0.4 is 4.66 Å². The van der Waals surface area contributed by atoms with Gasteiger partial charge < -0.3 is 40.9 Å². The van der Waals surface area contributed by atoms with E-state index in [1.54, 1.807) is 0 Å². The van der Waals surface area contributed by atoms with Crippen molar-refractivity contribution >= 4 is 0 Å². The van der Waals surface area contributed by atoms with E-state index in [1.807, 2.05) is 0 Å². The Hall–Kier alpha value is 0.329. The average Bonchev–Trinajstić information content (AvgIpc) is 2.32. The maximum absolute atomic E-state index is 8.83. The molecule has 0 spiro atoms. The van der Waals surface area contributed by atoms with E-state index in [-0.39, 0.29) is 39.0 Å². The van der Waals surface area contributed by atoms with Crippen molar-refractivity contribution in [2.75, 3.05) is 52.9 Å². The van der Waals surface area contributed by atoms with Crippen LogP contribution in [-0.2, 0) is 36.0 Å². The first-order chi connectivity index (χ1) is 8.00. The van der Waals surface area contributed by atoms with E-state index in [0.717, 1.165) is 52.9 Å². The van der Waals surface area contributed by atoms with Gasteiger partial charge in [-0.1, -0.05) is 0 Å². The molecule has 0 bridgehead atoms. The Balaban J connectivity index is -0.0000000394. The SMILES string of the molecule is C1COCCO1.C1COCCO1.O.O.O.O.[Mn+2].[O-][Cl+](O)(O)O. The van der Waals surface area contributed by atoms with Gasteiger partial charge in [0.15, 0.2) is 0 Å². The van der Waals surface area contributed by atoms with E-state index in [9.17, 15) is 0 Å². The Kier molecular flexibility index (Phi) is 45.4. The van der Waals surface area contributed by atoms with Crippen molar-refractivity contribution in [1.82, 2.24) is 0 Å². The molecular formula is C8H27ClMnO12+2. The van der Waals surface area contributed by atoms with Crippen LogP contribution in [0.5, 0.6) is 0 Å². The van der Waals surface area contributed by atoms with E-state index in [1.165, 1.54) is 0 Å². The molecule has 22 heavy (non-hydrogen) atoms. The zero-order valence-corrected chi connectivity index (χ0v) is 13.7. The molecule has 11 N–H and O–H groups in total. The van der Waals surface area contributed by atoms with Crippen LogP contribution in [0.1, 0.15) is 0 Å². The van der Waals surface area contributed by atoms with E-state index >= 15 is 0 Å². The van der Waals surface area contributed by atoms with Gasteiger partial charge in [0.05, 0.1) is 52.9 Å². The summed E-state index contributed by atoms with van der Waals surface area (Å²) < 4.78 is 50.0. The molecule has 0 saturated carbocycles. The zero-order valence-electron chi connectivity index (χ0n) is 11.8. The molecule has 0 aromatic heterocycles. The van der Waals surface area contributed by atoms with Crippen molar-refractivity contribution < 1.29 is 86.8 Å². The van der Waals surface area contributed by atoms with Crippen molar-refractivity contribution in [3.63, 3.8) is 0 Å². The minimum absolute atomic E-state index is 0. The topological polar surface area (TPSA) is 247 Å². The van der Waals surface area contributed by atoms with E-state index in [2.05, 4.69) is 0 Å². The van der Waals surface area contributed by atoms with Gasteiger partial charge in [-0.25, -0.2) is 0 Å². The fraction of sp³-hybridized carbons (Fsp3) is 1.00. The Bertz CT molecular complexity index is 123. The van der Waals surface area contributed by atoms with Crippen molar-refractivity contribution in [2.24, 2.45) is 0 Å². The van der Waals surface area contributed by atoms with Crippen LogP contribution in [0.25, 0.3) is 0 Å². The van der Waals surface area contributed by atoms with Crippen LogP contribution in [0, 0.1) is 10.2 Å². The summed E-state index contributed by atoms with van der Waals surface area (Å²) >= 11 is 0. The molecule has 12 nitrogen and oxygen atoms in total. The van der Waals surface area contributed by atoms with Crippen molar-refractivity contribution in [2.45, 2.75) is 0 Å². The summed E-state index contributed by atoms with van der Waals surface area (Å²) in [5.41, 5.74) is 0. The number of ether oxygens (including phenoxy) is 4. The fourth-order valence-corrected chi connectivity index (χ4v) is 0.880. The number of hydrogen-bond acceptors (Lipinski definition) is 8. The van der Waals surface area contributed by atoms with Crippen molar-refractivity contribution in [3.8, 4) is 0 Å². The quantitative estimate of drug-likeness (QED) is 0.326. The molecular weight excluding hydrogens is 378 g/mol. The van der Waals surface area contributed by atoms with E-state index in [4.69, 9.17) is 37.6 Å². The number of rotatable bonds is 0. The minimum atomic E-state index is -4.19. The van der Waals surface area contributed by atoms with Gasteiger partial charge in [-0.15, -0.1) is 0 Å². The second kappa shape index (κ2) is 26.2. The third kappa shape index (κ3) is 50.0. The van der Waals surface area contributed by atoms with Crippen LogP contribution in [0.4, 0.5) is 0 Å². The summed E-state index contributed by atoms with van der Waals surface area (Å²) in [6.07, 6.45) is 0. The molecule has 2 fully saturated rings. The van der Waals surface area contributed by atoms with Gasteiger partial charge in [0.1, 0.15) is 0 Å². The molecule has 2 saturated heterocycles. The number of halogens is 1. The Morgan fingerprint density at radius 3 is 0.682 bits per heavy atom. The summed E-state index contributed by atoms with van der Waals surface area (Å²) in [6, 6.07) is 0. The average molecular weight is 406 g/mol. The van der Waals surface area contributed by atoms with Gasteiger partial charge in [-0.3, -0.25) is 0 Å². The molecule has 0 aromatic carbocycles. The zero-order chi connectivity index (χ0) is 13.0. The summed E-state index contributed by atoms with van der Waals surface area (Å²) in [6.45, 7) is 6.22. The summed E-state index contributed by atoms with van der Waals surface area (Å²) in [5.74, 6) is 0. The third-order valence-electron chi connectivity index (χ3n) is 1.49. The van der Waals surface area contributed by atoms with Crippen LogP contribution in [0.15, 0.2) is 0 Å². The maximum atomic E-state index is 8.83. The first kappa shape index (κ1) is 38.1. The third-order valence-corrected chi connectivity index (χ3v) is 1.49. The van der Waals surface area contributed by atoms with Gasteiger partial charge in [0, 0.05) is 0 Å². The second-order valence-electron chi connectivity index (χ2n) is 2.88. The van der Waals surface area contributed by atoms with Crippen LogP contribution >= 0.6 is 0 Å². The molecule has 0 unspecified atom stereocenters. The standard InChI is InChI=1S/2C4H8O2.ClH3O4.Mn.4H2O/c2*1-2-6-4-3-5-1;2-1(3,4)5;;;;;/h2*1-4H2;2-4H;;4*1H2/q;;;+2;;;;. The summed E-state index contributed by atoms with van der Waals surface area (Å²) in [5, 5.41) is 0. The molecule has 2 aliphatic rings. The van der Waals surface area contributed by atoms with Crippen LogP contribution in [-0.4, -0.2) is 88.7 Å². The van der Waals surface area contributed by atoms with Gasteiger partial charge in [-0.05, 0) is 0 Å². The Labute approximate surface area is 140 Å². The van der Waals surface area contributed by atoms with E-state index in [0.29, 0.717) is 0 Å². The normalized spacial score (nSPS) is 16.5. The Morgan fingerprint density at radius 2 is 0.636 bits per heavy atom. The fourth-order valence-electron chi connectivity index (χ4n) is 0.880. The van der Waals surface area contributed by atoms with Crippen LogP contribution in [0.2, 0.25) is 0 Å². The monoisotopic (exact) mass is 405 g/mol. The Morgan fingerprint density at radius 1 is 0.545 bits per heavy atom. The van der Waals surface area contributed by atoms with Gasteiger partial charge in [-0.2, -0.15) is 0 Å². The van der Waals surface area contributed by atoms with E-state index < -0.39 is 10.2 Å². The summed E-state index contributed by atoms with van der Waals surface area (Å²) in [7, 11) is -4.19. The predicted molar refractivity (Wildman–Crippen MR) is 64.4 cm³/mol. The summed E-state index contributed by atoms with van der Waals surface area (Å²) in [4.78, 5) is 0. The molecule has 0 aromatic rings. The predicted octanol–water partition coefficient (Wildman–Crippen LogP) is -6.09. The molecule has 0 atom stereocenters. The first-order valence-electron chi connectivity index (χ1n) is 4.97. The van der Waals surface area contributed by atoms with Crippen LogP contribution in [0.3, 0.4) is 0 Å². The molecule has 0 amide bonds. The van der Waals surface area contributed by atoms with Gasteiger partial charge >= 0.3 is 45.9 Å². The molecule has 2 heterocycles. The second-order valence-corrected chi connectivity index (χ2v) is 3.75. The van der Waals surface area contributed by atoms with Crippen molar-refractivity contribution in [1.29, 1.82) is 0 Å². The van der Waals surface area contributed by atoms with Gasteiger partial charge in [0.25, 0.3) is 0 Å². The molecule has 14 heteroatoms. The molecule has 143 valence electrons. The molecule has 2 rings (SSSR count). The molecule has 2 aliphatic heterocycles. The molecule has 0 aliphatic carbocycles. The number of hydrogen-bond donors (Lipinski definition) is 3.